The number of halogens is 4. The number of alkyl halides is 3. The van der Waals surface area contributed by atoms with Gasteiger partial charge in [-0.05, 0) is 61.8 Å². The van der Waals surface area contributed by atoms with E-state index in [9.17, 15) is 27.2 Å². The van der Waals surface area contributed by atoms with E-state index in [4.69, 9.17) is 18.8 Å². The first-order chi connectivity index (χ1) is 15.5. The molecule has 6 nitrogen and oxygen atoms in total. The zero-order chi connectivity index (χ0) is 24.1. The molecule has 2 aromatic carbocycles. The lowest BCUT2D eigenvalue weighted by molar-refractivity contribution is -0.137. The van der Waals surface area contributed by atoms with Crippen LogP contribution in [0.3, 0.4) is 0 Å². The monoisotopic (exact) mass is 476 g/mol. The highest BCUT2D eigenvalue weighted by Crippen LogP contribution is 2.50. The first-order valence-corrected chi connectivity index (χ1v) is 10.2. The Morgan fingerprint density at radius 3 is 2.42 bits per heavy atom. The summed E-state index contributed by atoms with van der Waals surface area (Å²) in [6.45, 7) is 7.01. The number of hydrogen-bond donors (Lipinski definition) is 1. The molecule has 2 aromatic rings. The van der Waals surface area contributed by atoms with Gasteiger partial charge in [0.05, 0.1) is 23.4 Å². The summed E-state index contributed by atoms with van der Waals surface area (Å²) in [6, 6.07) is 6.58. The number of thiocarbonyl (C=S) groups is 1. The van der Waals surface area contributed by atoms with Crippen LogP contribution >= 0.6 is 12.2 Å². The van der Waals surface area contributed by atoms with Crippen molar-refractivity contribution in [1.82, 2.24) is 5.32 Å². The Balaban J connectivity index is 1.84. The number of hydrogen-bond acceptors (Lipinski definition) is 3. The molecule has 1 aliphatic heterocycles. The van der Waals surface area contributed by atoms with E-state index in [1.165, 1.54) is 30.1 Å². The van der Waals surface area contributed by atoms with Crippen LogP contribution in [-0.4, -0.2) is 29.5 Å². The van der Waals surface area contributed by atoms with Gasteiger partial charge in [0.2, 0.25) is 0 Å². The average Bonchev–Trinajstić information content (AvgIpc) is 2.98. The fourth-order valence-corrected chi connectivity index (χ4v) is 4.63. The Labute approximate surface area is 191 Å². The maximum Gasteiger partial charge on any atom is 0.417 e. The molecule has 2 fully saturated rings. The highest BCUT2D eigenvalue weighted by molar-refractivity contribution is 7.81. The van der Waals surface area contributed by atoms with Crippen molar-refractivity contribution in [3.63, 3.8) is 0 Å². The minimum atomic E-state index is -4.84. The molecule has 170 valence electrons. The molecule has 0 radical (unpaired) electrons. The van der Waals surface area contributed by atoms with Crippen LogP contribution in [0.25, 0.3) is 4.85 Å². The number of carbonyl (C=O) groups excluding carboxylic acids is 2. The molecule has 2 aliphatic rings. The Morgan fingerprint density at radius 2 is 1.91 bits per heavy atom. The minimum Gasteiger partial charge on any atom is -0.355 e. The number of rotatable bonds is 3. The van der Waals surface area contributed by atoms with Crippen LogP contribution in [0.2, 0.25) is 0 Å². The molecule has 0 aromatic heterocycles. The molecule has 11 heteroatoms. The van der Waals surface area contributed by atoms with Crippen LogP contribution in [0.1, 0.15) is 35.2 Å². The number of amides is 2. The zero-order valence-electron chi connectivity index (χ0n) is 17.2. The molecule has 1 heterocycles. The molecule has 2 amide bonds. The van der Waals surface area contributed by atoms with E-state index < -0.39 is 40.6 Å². The van der Waals surface area contributed by atoms with Crippen molar-refractivity contribution in [2.45, 2.75) is 31.0 Å². The molecule has 0 unspecified atom stereocenters. The van der Waals surface area contributed by atoms with E-state index in [0.29, 0.717) is 25.3 Å². The first kappa shape index (κ1) is 22.7. The number of carbonyl (C=O) groups is 2. The van der Waals surface area contributed by atoms with E-state index in [0.717, 1.165) is 17.0 Å². The summed E-state index contributed by atoms with van der Waals surface area (Å²) in [5, 5.41) is 2.09. The summed E-state index contributed by atoms with van der Waals surface area (Å²) < 4.78 is 56.1. The predicted octanol–water partition coefficient (Wildman–Crippen LogP) is 4.82. The number of benzene rings is 2. The predicted molar refractivity (Wildman–Crippen MR) is 117 cm³/mol. The lowest BCUT2D eigenvalue weighted by Gasteiger charge is -2.43. The summed E-state index contributed by atoms with van der Waals surface area (Å²) in [7, 11) is 1.35. The second-order valence-electron chi connectivity index (χ2n) is 7.70. The van der Waals surface area contributed by atoms with Gasteiger partial charge in [0.1, 0.15) is 11.4 Å². The maximum atomic E-state index is 14.7. The van der Waals surface area contributed by atoms with Crippen molar-refractivity contribution in [2.24, 2.45) is 0 Å². The fraction of sp³-hybridized carbons (Fsp3) is 0.273. The van der Waals surface area contributed by atoms with Crippen molar-refractivity contribution in [3.8, 4) is 0 Å². The van der Waals surface area contributed by atoms with Crippen LogP contribution in [-0.2, 0) is 11.0 Å². The molecule has 4 rings (SSSR count). The van der Waals surface area contributed by atoms with Crippen LogP contribution in [0.15, 0.2) is 36.4 Å². The van der Waals surface area contributed by atoms with Gasteiger partial charge in [0.25, 0.3) is 11.8 Å². The second kappa shape index (κ2) is 7.81. The van der Waals surface area contributed by atoms with Crippen molar-refractivity contribution in [1.29, 1.82) is 0 Å². The molecule has 0 atom stereocenters. The first-order valence-electron chi connectivity index (χ1n) is 9.84. The van der Waals surface area contributed by atoms with Crippen molar-refractivity contribution in [3.05, 3.63) is 64.8 Å². The van der Waals surface area contributed by atoms with Crippen molar-refractivity contribution < 1.29 is 27.2 Å². The largest absolute Gasteiger partial charge is 0.417 e. The average molecular weight is 476 g/mol. The summed E-state index contributed by atoms with van der Waals surface area (Å²) >= 11 is 5.45. The quantitative estimate of drug-likeness (QED) is 0.392. The molecule has 1 saturated heterocycles. The molecule has 1 saturated carbocycles. The van der Waals surface area contributed by atoms with Gasteiger partial charge >= 0.3 is 6.18 Å². The smallest absolute Gasteiger partial charge is 0.355 e. The van der Waals surface area contributed by atoms with E-state index in [1.807, 2.05) is 0 Å². The standard InChI is InChI=1S/C22H16F4N4O2S/c1-27-12-4-7-17(15(10-12)22(24,25)26)29-19(32)21(8-3-9-21)30(20(29)33)13-5-6-14(16(23)11-13)18(31)28-2/h4-7,10-11H,3,8-9H2,2H3,(H,28,31). The number of anilines is 2. The Hall–Kier alpha value is -3.52. The number of nitrogens with one attached hydrogen (secondary N) is 1. The van der Waals surface area contributed by atoms with Gasteiger partial charge in [-0.2, -0.15) is 13.2 Å². The third kappa shape index (κ3) is 3.41. The van der Waals surface area contributed by atoms with Crippen LogP contribution in [0.5, 0.6) is 0 Å². The normalized spacial score (nSPS) is 17.2. The van der Waals surface area contributed by atoms with Gasteiger partial charge < -0.3 is 10.2 Å². The topological polar surface area (TPSA) is 57.0 Å². The van der Waals surface area contributed by atoms with E-state index in [2.05, 4.69) is 10.2 Å². The molecule has 33 heavy (non-hydrogen) atoms. The third-order valence-electron chi connectivity index (χ3n) is 5.93. The van der Waals surface area contributed by atoms with Gasteiger partial charge in [-0.15, -0.1) is 0 Å². The molecule has 0 bridgehead atoms. The minimum absolute atomic E-state index is 0.159. The highest BCUT2D eigenvalue weighted by Gasteiger charge is 2.60. The van der Waals surface area contributed by atoms with Gasteiger partial charge in [0.15, 0.2) is 10.8 Å². The zero-order valence-corrected chi connectivity index (χ0v) is 18.0. The maximum absolute atomic E-state index is 14.7. The molecular weight excluding hydrogens is 460 g/mol. The lowest BCUT2D eigenvalue weighted by atomic mass is 9.75. The molecule has 1 spiro atoms. The third-order valence-corrected chi connectivity index (χ3v) is 6.30. The van der Waals surface area contributed by atoms with Gasteiger partial charge in [-0.1, -0.05) is 6.07 Å². The fourth-order valence-electron chi connectivity index (χ4n) is 4.17. The van der Waals surface area contributed by atoms with E-state index in [-0.39, 0.29) is 22.1 Å². The van der Waals surface area contributed by atoms with E-state index in [1.54, 1.807) is 0 Å². The molecule has 1 N–H and O–H groups in total. The summed E-state index contributed by atoms with van der Waals surface area (Å²) in [6.07, 6.45) is -3.56. The van der Waals surface area contributed by atoms with Gasteiger partial charge in [-0.3, -0.25) is 14.5 Å². The van der Waals surface area contributed by atoms with Crippen LogP contribution in [0, 0.1) is 12.4 Å². The summed E-state index contributed by atoms with van der Waals surface area (Å²) in [4.78, 5) is 30.5. The Bertz CT molecular complexity index is 1230. The highest BCUT2D eigenvalue weighted by atomic mass is 32.1. The van der Waals surface area contributed by atoms with Crippen LogP contribution in [0.4, 0.5) is 34.6 Å². The van der Waals surface area contributed by atoms with Crippen molar-refractivity contribution >= 4 is 46.2 Å². The van der Waals surface area contributed by atoms with Crippen molar-refractivity contribution in [2.75, 3.05) is 16.8 Å². The summed E-state index contributed by atoms with van der Waals surface area (Å²) in [5.41, 5.74) is -3.17. The summed E-state index contributed by atoms with van der Waals surface area (Å²) in [5.74, 6) is -2.14. The van der Waals surface area contributed by atoms with Crippen LogP contribution < -0.4 is 15.1 Å². The lowest BCUT2D eigenvalue weighted by Crippen LogP contribution is -2.55. The van der Waals surface area contributed by atoms with E-state index >= 15 is 0 Å². The molecular formula is C22H16F4N4O2S. The Kier molecular flexibility index (Phi) is 5.36. The Morgan fingerprint density at radius 1 is 1.21 bits per heavy atom. The SMILES string of the molecule is [C-]#[N+]c1ccc(N2C(=O)C3(CCC3)N(c3ccc(C(=O)NC)c(F)c3)C2=S)c(C(F)(F)F)c1. The second-order valence-corrected chi connectivity index (χ2v) is 8.06. The molecule has 1 aliphatic carbocycles. The van der Waals surface area contributed by atoms with Gasteiger partial charge in [-0.25, -0.2) is 9.24 Å². The number of nitrogens with zero attached hydrogens (tertiary/aromatic N) is 3. The van der Waals surface area contributed by atoms with Gasteiger partial charge in [0, 0.05) is 12.7 Å².